The van der Waals surface area contributed by atoms with Crippen molar-refractivity contribution < 1.29 is 4.74 Å². The van der Waals surface area contributed by atoms with Crippen LogP contribution in [0.2, 0.25) is 0 Å². The molecule has 1 saturated heterocycles. The average Bonchev–Trinajstić information content (AvgIpc) is 3.03. The number of rotatable bonds is 4. The van der Waals surface area contributed by atoms with Crippen LogP contribution in [0.4, 0.5) is 0 Å². The first-order chi connectivity index (χ1) is 9.25. The molecule has 102 valence electrons. The quantitative estimate of drug-likeness (QED) is 0.830. The molecule has 1 atom stereocenters. The van der Waals surface area contributed by atoms with Crippen LogP contribution >= 0.6 is 0 Å². The van der Waals surface area contributed by atoms with E-state index < -0.39 is 0 Å². The van der Waals surface area contributed by atoms with E-state index in [9.17, 15) is 0 Å². The smallest absolute Gasteiger partial charge is 0.139 e. The fourth-order valence-corrected chi connectivity index (χ4v) is 2.74. The average molecular weight is 258 g/mol. The number of fused-ring (bicyclic) bond motifs is 1. The van der Waals surface area contributed by atoms with Gasteiger partial charge in [0.05, 0.1) is 11.0 Å². The van der Waals surface area contributed by atoms with Crippen molar-refractivity contribution in [2.75, 3.05) is 6.61 Å². The molecule has 0 N–H and O–H groups in total. The summed E-state index contributed by atoms with van der Waals surface area (Å²) in [4.78, 5) is 4.81. The zero-order valence-electron chi connectivity index (χ0n) is 11.8. The highest BCUT2D eigenvalue weighted by molar-refractivity contribution is 5.76. The minimum atomic E-state index is 0.194. The van der Waals surface area contributed by atoms with E-state index in [1.165, 1.54) is 11.9 Å². The van der Waals surface area contributed by atoms with Crippen LogP contribution in [0.3, 0.4) is 0 Å². The van der Waals surface area contributed by atoms with Crippen LogP contribution in [0.1, 0.15) is 45.0 Å². The number of nitrogens with zero attached hydrogens (tertiary/aromatic N) is 2. The van der Waals surface area contributed by atoms with Gasteiger partial charge in [-0.1, -0.05) is 26.0 Å². The molecular weight excluding hydrogens is 236 g/mol. The molecule has 0 amide bonds. The van der Waals surface area contributed by atoms with Crippen molar-refractivity contribution in [3.05, 3.63) is 30.1 Å². The van der Waals surface area contributed by atoms with Gasteiger partial charge in [-0.25, -0.2) is 4.98 Å². The van der Waals surface area contributed by atoms with Gasteiger partial charge in [0, 0.05) is 13.2 Å². The molecule has 3 heteroatoms. The predicted molar refractivity (Wildman–Crippen MR) is 77.1 cm³/mol. The lowest BCUT2D eigenvalue weighted by molar-refractivity contribution is 0.102. The summed E-state index contributed by atoms with van der Waals surface area (Å²) in [5.41, 5.74) is 2.34. The molecule has 2 aromatic rings. The summed E-state index contributed by atoms with van der Waals surface area (Å²) in [5, 5.41) is 0. The summed E-state index contributed by atoms with van der Waals surface area (Å²) < 4.78 is 8.20. The lowest BCUT2D eigenvalue weighted by atomic mass is 10.1. The Labute approximate surface area is 114 Å². The van der Waals surface area contributed by atoms with Crippen LogP contribution in [-0.2, 0) is 11.3 Å². The number of benzene rings is 1. The van der Waals surface area contributed by atoms with E-state index in [1.54, 1.807) is 0 Å². The monoisotopic (exact) mass is 258 g/mol. The Bertz CT molecular complexity index is 553. The third-order valence-corrected chi connectivity index (χ3v) is 3.83. The fourth-order valence-electron chi connectivity index (χ4n) is 2.74. The first kappa shape index (κ1) is 12.7. The number of aromatic nitrogens is 2. The van der Waals surface area contributed by atoms with Crippen LogP contribution < -0.4 is 0 Å². The largest absolute Gasteiger partial charge is 0.370 e. The summed E-state index contributed by atoms with van der Waals surface area (Å²) in [5.74, 6) is 1.83. The molecule has 0 spiro atoms. The van der Waals surface area contributed by atoms with Gasteiger partial charge in [0.15, 0.2) is 0 Å². The molecule has 0 radical (unpaired) electrons. The van der Waals surface area contributed by atoms with Gasteiger partial charge in [-0.3, -0.25) is 0 Å². The molecule has 3 nitrogen and oxygen atoms in total. The number of para-hydroxylation sites is 2. The van der Waals surface area contributed by atoms with Gasteiger partial charge in [-0.05, 0) is 37.3 Å². The van der Waals surface area contributed by atoms with Crippen LogP contribution in [-0.4, -0.2) is 16.2 Å². The van der Waals surface area contributed by atoms with Crippen LogP contribution in [0, 0.1) is 5.92 Å². The van der Waals surface area contributed by atoms with E-state index in [2.05, 4.69) is 42.7 Å². The van der Waals surface area contributed by atoms with Crippen LogP contribution in [0.25, 0.3) is 11.0 Å². The topological polar surface area (TPSA) is 27.1 Å². The molecular formula is C16H22N2O. The minimum Gasteiger partial charge on any atom is -0.370 e. The maximum atomic E-state index is 5.83. The minimum absolute atomic E-state index is 0.194. The summed E-state index contributed by atoms with van der Waals surface area (Å²) in [6, 6.07) is 8.41. The highest BCUT2D eigenvalue weighted by atomic mass is 16.5. The second kappa shape index (κ2) is 5.33. The van der Waals surface area contributed by atoms with Gasteiger partial charge in [0.25, 0.3) is 0 Å². The molecule has 19 heavy (non-hydrogen) atoms. The molecule has 2 heterocycles. The predicted octanol–water partition coefficient (Wildman–Crippen LogP) is 3.93. The summed E-state index contributed by atoms with van der Waals surface area (Å²) in [7, 11) is 0. The fraction of sp³-hybridized carbons (Fsp3) is 0.562. The molecule has 0 aliphatic carbocycles. The SMILES string of the molecule is CC(C)CCn1c([C@H]2CCCO2)nc2ccccc21. The molecule has 0 bridgehead atoms. The normalized spacial score (nSPS) is 19.6. The Hall–Kier alpha value is -1.35. The van der Waals surface area contributed by atoms with Crippen molar-refractivity contribution in [2.24, 2.45) is 5.92 Å². The van der Waals surface area contributed by atoms with E-state index in [0.717, 1.165) is 37.3 Å². The second-order valence-corrected chi connectivity index (χ2v) is 5.79. The maximum absolute atomic E-state index is 5.83. The molecule has 1 aromatic carbocycles. The molecule has 1 aliphatic rings. The second-order valence-electron chi connectivity index (χ2n) is 5.79. The zero-order valence-corrected chi connectivity index (χ0v) is 11.8. The number of ether oxygens (including phenoxy) is 1. The van der Waals surface area contributed by atoms with E-state index >= 15 is 0 Å². The standard InChI is InChI=1S/C16H22N2O/c1-12(2)9-10-18-14-7-4-3-6-13(14)17-16(18)15-8-5-11-19-15/h3-4,6-7,12,15H,5,8-11H2,1-2H3/t15-/m1/s1. The zero-order chi connectivity index (χ0) is 13.2. The van der Waals surface area contributed by atoms with Crippen molar-refractivity contribution in [2.45, 2.75) is 45.8 Å². The van der Waals surface area contributed by atoms with E-state index in [-0.39, 0.29) is 6.10 Å². The lowest BCUT2D eigenvalue weighted by Crippen LogP contribution is -2.10. The third-order valence-electron chi connectivity index (χ3n) is 3.83. The van der Waals surface area contributed by atoms with Crippen LogP contribution in [0.15, 0.2) is 24.3 Å². The highest BCUT2D eigenvalue weighted by Crippen LogP contribution is 2.30. The van der Waals surface area contributed by atoms with E-state index in [1.807, 2.05) is 0 Å². The van der Waals surface area contributed by atoms with Gasteiger partial charge in [0.2, 0.25) is 0 Å². The Morgan fingerprint density at radius 3 is 2.95 bits per heavy atom. The Morgan fingerprint density at radius 1 is 1.37 bits per heavy atom. The van der Waals surface area contributed by atoms with Crippen molar-refractivity contribution in [3.8, 4) is 0 Å². The van der Waals surface area contributed by atoms with Gasteiger partial charge in [-0.2, -0.15) is 0 Å². The number of imidazole rings is 1. The van der Waals surface area contributed by atoms with Crippen molar-refractivity contribution in [1.82, 2.24) is 9.55 Å². The van der Waals surface area contributed by atoms with E-state index in [0.29, 0.717) is 5.92 Å². The van der Waals surface area contributed by atoms with Crippen molar-refractivity contribution in [3.63, 3.8) is 0 Å². The molecule has 1 fully saturated rings. The number of hydrogen-bond acceptors (Lipinski definition) is 2. The first-order valence-corrected chi connectivity index (χ1v) is 7.32. The van der Waals surface area contributed by atoms with Gasteiger partial charge in [0.1, 0.15) is 11.9 Å². The van der Waals surface area contributed by atoms with Crippen molar-refractivity contribution >= 4 is 11.0 Å². The summed E-state index contributed by atoms with van der Waals surface area (Å²) in [6.45, 7) is 6.45. The number of hydrogen-bond donors (Lipinski definition) is 0. The summed E-state index contributed by atoms with van der Waals surface area (Å²) >= 11 is 0. The number of aryl methyl sites for hydroxylation is 1. The third kappa shape index (κ3) is 2.52. The van der Waals surface area contributed by atoms with Gasteiger partial charge >= 0.3 is 0 Å². The molecule has 1 aliphatic heterocycles. The van der Waals surface area contributed by atoms with Gasteiger partial charge in [-0.15, -0.1) is 0 Å². The Kier molecular flexibility index (Phi) is 3.56. The van der Waals surface area contributed by atoms with Gasteiger partial charge < -0.3 is 9.30 Å². The molecule has 0 unspecified atom stereocenters. The first-order valence-electron chi connectivity index (χ1n) is 7.32. The van der Waals surface area contributed by atoms with E-state index in [4.69, 9.17) is 9.72 Å². The molecule has 3 rings (SSSR count). The molecule has 1 aromatic heterocycles. The van der Waals surface area contributed by atoms with Crippen molar-refractivity contribution in [1.29, 1.82) is 0 Å². The Balaban J connectivity index is 2.00. The molecule has 0 saturated carbocycles. The van der Waals surface area contributed by atoms with Crippen LogP contribution in [0.5, 0.6) is 0 Å². The Morgan fingerprint density at radius 2 is 2.21 bits per heavy atom. The summed E-state index contributed by atoms with van der Waals surface area (Å²) in [6.07, 6.45) is 3.63. The maximum Gasteiger partial charge on any atom is 0.139 e. The highest BCUT2D eigenvalue weighted by Gasteiger charge is 2.24. The lowest BCUT2D eigenvalue weighted by Gasteiger charge is -2.14.